The highest BCUT2D eigenvalue weighted by atomic mass is 16.5. The van der Waals surface area contributed by atoms with Crippen molar-refractivity contribution in [2.75, 3.05) is 0 Å². The summed E-state index contributed by atoms with van der Waals surface area (Å²) in [6.45, 7) is 1.29. The molecule has 7 heteroatoms. The zero-order valence-corrected chi connectivity index (χ0v) is 9.53. The quantitative estimate of drug-likeness (QED) is 0.337. The molecule has 0 saturated carbocycles. The molecule has 0 atom stereocenters. The zero-order chi connectivity index (χ0) is 13.1. The number of amides is 1. The van der Waals surface area contributed by atoms with Crippen LogP contribution in [0.5, 0.6) is 0 Å². The number of benzene rings is 1. The van der Waals surface area contributed by atoms with E-state index >= 15 is 0 Å². The molecule has 2 aromatic rings. The molecule has 0 fully saturated rings. The molecule has 0 spiro atoms. The van der Waals surface area contributed by atoms with Crippen molar-refractivity contribution in [1.29, 1.82) is 0 Å². The number of carbonyl (C=O) groups excluding carboxylic acids is 1. The van der Waals surface area contributed by atoms with Gasteiger partial charge in [-0.25, -0.2) is 5.43 Å². The summed E-state index contributed by atoms with van der Waals surface area (Å²) in [6, 6.07) is 6.41. The average Bonchev–Trinajstić information content (AvgIpc) is 2.35. The zero-order valence-electron chi connectivity index (χ0n) is 9.53. The number of rotatable bonds is 2. The average molecular weight is 246 g/mol. The van der Waals surface area contributed by atoms with E-state index in [0.717, 1.165) is 12.4 Å². The molecule has 1 aromatic heterocycles. The highest BCUT2D eigenvalue weighted by Crippen LogP contribution is 2.03. The second-order valence-electron chi connectivity index (χ2n) is 3.59. The van der Waals surface area contributed by atoms with Crippen molar-refractivity contribution in [3.05, 3.63) is 46.6 Å². The molecular formula is C11H10N4O3. The maximum atomic E-state index is 11.9. The van der Waals surface area contributed by atoms with Crippen LogP contribution in [0.15, 0.2) is 35.6 Å². The number of hydrogen-bond donors (Lipinski definition) is 1. The van der Waals surface area contributed by atoms with Crippen LogP contribution in [0.25, 0.3) is 11.0 Å². The summed E-state index contributed by atoms with van der Waals surface area (Å²) in [7, 11) is 0. The van der Waals surface area contributed by atoms with Crippen LogP contribution < -0.4 is 14.9 Å². The SMILES string of the molecule is CC(=O)N/N=C\c1c[n+]([O-])c2ccccc2[n+]1[O-]. The first-order valence-electron chi connectivity index (χ1n) is 5.13. The first-order chi connectivity index (χ1) is 8.59. The molecule has 1 aromatic carbocycles. The Hall–Kier alpha value is -2.70. The van der Waals surface area contributed by atoms with E-state index in [1.165, 1.54) is 13.0 Å². The minimum absolute atomic E-state index is 0.0393. The molecule has 1 N–H and O–H groups in total. The van der Waals surface area contributed by atoms with E-state index in [-0.39, 0.29) is 22.6 Å². The number of hydrogen-bond acceptors (Lipinski definition) is 4. The second-order valence-corrected chi connectivity index (χ2v) is 3.59. The van der Waals surface area contributed by atoms with Crippen molar-refractivity contribution < 1.29 is 14.3 Å². The lowest BCUT2D eigenvalue weighted by Gasteiger charge is -2.04. The summed E-state index contributed by atoms with van der Waals surface area (Å²) in [4.78, 5) is 10.6. The molecule has 18 heavy (non-hydrogen) atoms. The van der Waals surface area contributed by atoms with Crippen LogP contribution in [-0.2, 0) is 4.79 Å². The van der Waals surface area contributed by atoms with Crippen LogP contribution in [0.3, 0.4) is 0 Å². The number of carbonyl (C=O) groups is 1. The smallest absolute Gasteiger partial charge is 0.302 e. The van der Waals surface area contributed by atoms with E-state index in [1.54, 1.807) is 18.2 Å². The molecular weight excluding hydrogens is 236 g/mol. The molecule has 92 valence electrons. The van der Waals surface area contributed by atoms with Gasteiger partial charge < -0.3 is 10.4 Å². The van der Waals surface area contributed by atoms with Crippen molar-refractivity contribution >= 4 is 23.2 Å². The van der Waals surface area contributed by atoms with Crippen molar-refractivity contribution in [2.24, 2.45) is 5.10 Å². The third-order valence-corrected chi connectivity index (χ3v) is 2.24. The van der Waals surface area contributed by atoms with E-state index in [0.29, 0.717) is 9.46 Å². The van der Waals surface area contributed by atoms with E-state index in [1.807, 2.05) is 0 Å². The summed E-state index contributed by atoms with van der Waals surface area (Å²) in [6.07, 6.45) is 2.22. The van der Waals surface area contributed by atoms with Gasteiger partial charge in [-0.3, -0.25) is 4.79 Å². The van der Waals surface area contributed by atoms with E-state index in [9.17, 15) is 15.2 Å². The number of para-hydroxylation sites is 2. The summed E-state index contributed by atoms with van der Waals surface area (Å²) >= 11 is 0. The maximum absolute atomic E-state index is 11.9. The molecule has 1 heterocycles. The third-order valence-electron chi connectivity index (χ3n) is 2.24. The van der Waals surface area contributed by atoms with Gasteiger partial charge in [0.25, 0.3) is 17.2 Å². The molecule has 1 amide bonds. The van der Waals surface area contributed by atoms with E-state index in [2.05, 4.69) is 10.5 Å². The van der Waals surface area contributed by atoms with Gasteiger partial charge in [0.2, 0.25) is 5.91 Å². The normalized spacial score (nSPS) is 10.9. The Bertz CT molecular complexity index is 639. The molecule has 0 bridgehead atoms. The van der Waals surface area contributed by atoms with Gasteiger partial charge in [0.05, 0.1) is 0 Å². The van der Waals surface area contributed by atoms with Crippen molar-refractivity contribution in [2.45, 2.75) is 6.92 Å². The predicted octanol–water partition coefficient (Wildman–Crippen LogP) is -0.423. The molecule has 0 aliphatic carbocycles. The number of aromatic nitrogens is 2. The predicted molar refractivity (Wildman–Crippen MR) is 63.3 cm³/mol. The lowest BCUT2D eigenvalue weighted by molar-refractivity contribution is -0.629. The lowest BCUT2D eigenvalue weighted by Crippen LogP contribution is -2.41. The Morgan fingerprint density at radius 1 is 1.33 bits per heavy atom. The molecule has 0 radical (unpaired) electrons. The monoisotopic (exact) mass is 246 g/mol. The molecule has 2 rings (SSSR count). The maximum Gasteiger partial charge on any atom is 0.302 e. The summed E-state index contributed by atoms with van der Waals surface area (Å²) in [5, 5.41) is 27.1. The third kappa shape index (κ3) is 2.19. The van der Waals surface area contributed by atoms with Crippen LogP contribution >= 0.6 is 0 Å². The Balaban J connectivity index is 2.49. The highest BCUT2D eigenvalue weighted by Gasteiger charge is 2.16. The summed E-state index contributed by atoms with van der Waals surface area (Å²) in [5.41, 5.74) is 2.70. The Kier molecular flexibility index (Phi) is 3.05. The van der Waals surface area contributed by atoms with Crippen LogP contribution in [0.1, 0.15) is 12.6 Å². The molecule has 0 aliphatic rings. The van der Waals surface area contributed by atoms with E-state index in [4.69, 9.17) is 0 Å². The molecule has 0 saturated heterocycles. The lowest BCUT2D eigenvalue weighted by atomic mass is 10.3. The first kappa shape index (κ1) is 11.8. The second kappa shape index (κ2) is 4.66. The molecule has 7 nitrogen and oxygen atoms in total. The fraction of sp³-hybridized carbons (Fsp3) is 0.0909. The number of nitrogens with one attached hydrogen (secondary N) is 1. The highest BCUT2D eigenvalue weighted by molar-refractivity contribution is 5.79. The van der Waals surface area contributed by atoms with Crippen LogP contribution in [0.4, 0.5) is 0 Å². The van der Waals surface area contributed by atoms with Crippen molar-refractivity contribution in [1.82, 2.24) is 5.43 Å². The standard InChI is InChI=1S/C11H10N4O3/c1-8(16)13-12-6-9-7-14(17)10-4-2-3-5-11(10)15(9)18/h2-7H,1H3,(H,13,16)/b12-6-. The van der Waals surface area contributed by atoms with Gasteiger partial charge in [0.15, 0.2) is 0 Å². The van der Waals surface area contributed by atoms with Gasteiger partial charge in [-0.15, -0.1) is 0 Å². The van der Waals surface area contributed by atoms with Crippen LogP contribution in [-0.4, -0.2) is 12.1 Å². The van der Waals surface area contributed by atoms with Gasteiger partial charge in [-0.2, -0.15) is 14.6 Å². The first-order valence-corrected chi connectivity index (χ1v) is 5.13. The molecule has 0 unspecified atom stereocenters. The van der Waals surface area contributed by atoms with Gasteiger partial charge in [-0.05, 0) is 0 Å². The largest absolute Gasteiger partial charge is 0.618 e. The summed E-state index contributed by atoms with van der Waals surface area (Å²) in [5.74, 6) is -0.362. The van der Waals surface area contributed by atoms with E-state index < -0.39 is 0 Å². The topological polar surface area (TPSA) is 95.3 Å². The van der Waals surface area contributed by atoms with Gasteiger partial charge in [0.1, 0.15) is 6.21 Å². The van der Waals surface area contributed by atoms with Gasteiger partial charge in [0, 0.05) is 19.1 Å². The van der Waals surface area contributed by atoms with Gasteiger partial charge in [-0.1, -0.05) is 12.1 Å². The van der Waals surface area contributed by atoms with Gasteiger partial charge >= 0.3 is 5.69 Å². The number of nitrogens with zero attached hydrogens (tertiary/aromatic N) is 3. The fourth-order valence-corrected chi connectivity index (χ4v) is 1.48. The number of fused-ring (bicyclic) bond motifs is 1. The molecule has 0 aliphatic heterocycles. The Morgan fingerprint density at radius 3 is 2.67 bits per heavy atom. The number of hydrazone groups is 1. The Morgan fingerprint density at radius 2 is 2.00 bits per heavy atom. The van der Waals surface area contributed by atoms with Crippen LogP contribution in [0, 0.1) is 10.4 Å². The Labute approximate surface area is 102 Å². The minimum atomic E-state index is -0.362. The summed E-state index contributed by atoms with van der Waals surface area (Å²) < 4.78 is 1.16. The van der Waals surface area contributed by atoms with Crippen molar-refractivity contribution in [3.8, 4) is 0 Å². The van der Waals surface area contributed by atoms with Crippen molar-refractivity contribution in [3.63, 3.8) is 0 Å². The minimum Gasteiger partial charge on any atom is -0.618 e. The fourth-order valence-electron chi connectivity index (χ4n) is 1.48. The van der Waals surface area contributed by atoms with Crippen LogP contribution in [0.2, 0.25) is 0 Å².